The van der Waals surface area contributed by atoms with Gasteiger partial charge in [-0.2, -0.15) is 5.10 Å². The predicted octanol–water partition coefficient (Wildman–Crippen LogP) is 2.96. The first-order valence-corrected chi connectivity index (χ1v) is 7.22. The molecule has 0 saturated carbocycles. The van der Waals surface area contributed by atoms with Crippen molar-refractivity contribution < 1.29 is 12.8 Å². The summed E-state index contributed by atoms with van der Waals surface area (Å²) in [6.45, 7) is 1.55. The van der Waals surface area contributed by atoms with Gasteiger partial charge in [0.05, 0.1) is 27.6 Å². The van der Waals surface area contributed by atoms with E-state index in [0.717, 1.165) is 18.3 Å². The number of halogens is 3. The van der Waals surface area contributed by atoms with Gasteiger partial charge < -0.3 is 0 Å². The molecule has 0 atom stereocenters. The number of anilines is 1. The van der Waals surface area contributed by atoms with Crippen LogP contribution in [0.2, 0.25) is 10.0 Å². The van der Waals surface area contributed by atoms with Crippen LogP contribution in [0.15, 0.2) is 23.2 Å². The van der Waals surface area contributed by atoms with Crippen LogP contribution in [0.1, 0.15) is 5.69 Å². The second-order valence-electron chi connectivity index (χ2n) is 3.71. The first-order chi connectivity index (χ1) is 8.81. The third-order valence-electron chi connectivity index (χ3n) is 2.32. The van der Waals surface area contributed by atoms with Gasteiger partial charge in [-0.25, -0.2) is 12.8 Å². The van der Waals surface area contributed by atoms with Gasteiger partial charge in [-0.15, -0.1) is 0 Å². The van der Waals surface area contributed by atoms with Gasteiger partial charge in [0.15, 0.2) is 0 Å². The van der Waals surface area contributed by atoms with E-state index in [1.807, 2.05) is 0 Å². The molecule has 0 saturated heterocycles. The molecule has 102 valence electrons. The number of hydrogen-bond acceptors (Lipinski definition) is 3. The molecule has 0 fully saturated rings. The number of nitrogens with one attached hydrogen (secondary N) is 2. The van der Waals surface area contributed by atoms with E-state index in [9.17, 15) is 12.8 Å². The van der Waals surface area contributed by atoms with Crippen LogP contribution in [0, 0.1) is 12.7 Å². The molecule has 5 nitrogen and oxygen atoms in total. The molecular weight excluding hydrogens is 316 g/mol. The molecule has 9 heteroatoms. The Morgan fingerprint density at radius 1 is 1.32 bits per heavy atom. The molecule has 0 aliphatic rings. The molecule has 1 aromatic carbocycles. The summed E-state index contributed by atoms with van der Waals surface area (Å²) in [4.78, 5) is -0.0380. The molecule has 19 heavy (non-hydrogen) atoms. The normalized spacial score (nSPS) is 11.6. The highest BCUT2D eigenvalue weighted by Crippen LogP contribution is 2.33. The summed E-state index contributed by atoms with van der Waals surface area (Å²) in [7, 11) is -3.89. The summed E-state index contributed by atoms with van der Waals surface area (Å²) in [5, 5.41) is 5.86. The topological polar surface area (TPSA) is 74.8 Å². The first-order valence-electron chi connectivity index (χ1n) is 4.98. The predicted molar refractivity (Wildman–Crippen MR) is 70.6 cm³/mol. The fourth-order valence-corrected chi connectivity index (χ4v) is 3.35. The van der Waals surface area contributed by atoms with Gasteiger partial charge in [0.1, 0.15) is 10.7 Å². The number of rotatable bonds is 3. The van der Waals surface area contributed by atoms with E-state index >= 15 is 0 Å². The molecule has 0 spiro atoms. The van der Waals surface area contributed by atoms with E-state index in [4.69, 9.17) is 23.2 Å². The van der Waals surface area contributed by atoms with Gasteiger partial charge in [-0.1, -0.05) is 23.2 Å². The van der Waals surface area contributed by atoms with Crippen molar-refractivity contribution in [3.8, 4) is 0 Å². The van der Waals surface area contributed by atoms with Gasteiger partial charge in [-0.05, 0) is 19.1 Å². The van der Waals surface area contributed by atoms with Crippen LogP contribution >= 0.6 is 23.2 Å². The fraction of sp³-hybridized carbons (Fsp3) is 0.100. The summed E-state index contributed by atoms with van der Waals surface area (Å²) in [6, 6.07) is 1.93. The molecule has 2 rings (SSSR count). The molecule has 0 bridgehead atoms. The molecular formula is C10H8Cl2FN3O2S. The van der Waals surface area contributed by atoms with Crippen molar-refractivity contribution >= 4 is 38.9 Å². The number of H-pyrrole nitrogens is 1. The third kappa shape index (κ3) is 2.83. The van der Waals surface area contributed by atoms with E-state index in [-0.39, 0.29) is 20.6 Å². The summed E-state index contributed by atoms with van der Waals surface area (Å²) in [6.07, 6.45) is 1.16. The molecule has 2 N–H and O–H groups in total. The molecule has 0 unspecified atom stereocenters. The monoisotopic (exact) mass is 323 g/mol. The summed E-state index contributed by atoms with van der Waals surface area (Å²) < 4.78 is 39.4. The lowest BCUT2D eigenvalue weighted by Crippen LogP contribution is -2.14. The minimum absolute atomic E-state index is 0.0380. The lowest BCUT2D eigenvalue weighted by atomic mass is 10.3. The number of aryl methyl sites for hydroxylation is 1. The van der Waals surface area contributed by atoms with Crippen molar-refractivity contribution in [2.24, 2.45) is 0 Å². The SMILES string of the molecule is Cc1[nH]ncc1S(=O)(=O)Nc1c(Cl)cc(F)cc1Cl. The van der Waals surface area contributed by atoms with E-state index in [0.29, 0.717) is 5.69 Å². The number of sulfonamides is 1. The summed E-state index contributed by atoms with van der Waals surface area (Å²) >= 11 is 11.5. The Labute approximate surface area is 118 Å². The van der Waals surface area contributed by atoms with Gasteiger partial charge >= 0.3 is 0 Å². The van der Waals surface area contributed by atoms with Crippen LogP contribution in [-0.2, 0) is 10.0 Å². The Morgan fingerprint density at radius 3 is 2.37 bits per heavy atom. The van der Waals surface area contributed by atoms with E-state index in [1.165, 1.54) is 0 Å². The van der Waals surface area contributed by atoms with Crippen molar-refractivity contribution in [2.75, 3.05) is 4.72 Å². The van der Waals surface area contributed by atoms with Crippen molar-refractivity contribution in [3.05, 3.63) is 39.9 Å². The molecule has 0 aliphatic heterocycles. The van der Waals surface area contributed by atoms with Gasteiger partial charge in [0, 0.05) is 0 Å². The van der Waals surface area contributed by atoms with Crippen molar-refractivity contribution in [2.45, 2.75) is 11.8 Å². The van der Waals surface area contributed by atoms with Crippen molar-refractivity contribution in [1.82, 2.24) is 10.2 Å². The largest absolute Gasteiger partial charge is 0.281 e. The van der Waals surface area contributed by atoms with Gasteiger partial charge in [-0.3, -0.25) is 9.82 Å². The van der Waals surface area contributed by atoms with Crippen molar-refractivity contribution in [3.63, 3.8) is 0 Å². The van der Waals surface area contributed by atoms with Crippen LogP contribution < -0.4 is 4.72 Å². The number of benzene rings is 1. The smallest absolute Gasteiger partial charge is 0.265 e. The van der Waals surface area contributed by atoms with Crippen LogP contribution in [-0.4, -0.2) is 18.6 Å². The van der Waals surface area contributed by atoms with Crippen LogP contribution in [0.5, 0.6) is 0 Å². The maximum Gasteiger partial charge on any atom is 0.265 e. The lowest BCUT2D eigenvalue weighted by molar-refractivity contribution is 0.600. The average molecular weight is 324 g/mol. The minimum Gasteiger partial charge on any atom is -0.281 e. The zero-order chi connectivity index (χ0) is 14.2. The molecule has 0 radical (unpaired) electrons. The van der Waals surface area contributed by atoms with Crippen molar-refractivity contribution in [1.29, 1.82) is 0 Å². The molecule has 0 amide bonds. The number of hydrogen-bond donors (Lipinski definition) is 2. The fourth-order valence-electron chi connectivity index (χ4n) is 1.44. The molecule has 2 aromatic rings. The maximum atomic E-state index is 13.0. The molecule has 0 aliphatic carbocycles. The van der Waals surface area contributed by atoms with Gasteiger partial charge in [0.25, 0.3) is 10.0 Å². The van der Waals surface area contributed by atoms with Gasteiger partial charge in [0.2, 0.25) is 0 Å². The highest BCUT2D eigenvalue weighted by atomic mass is 35.5. The Balaban J connectivity index is 2.45. The average Bonchev–Trinajstić information content (AvgIpc) is 2.70. The Hall–Kier alpha value is -1.31. The zero-order valence-corrected chi connectivity index (χ0v) is 11.9. The quantitative estimate of drug-likeness (QED) is 0.911. The second kappa shape index (κ2) is 4.99. The minimum atomic E-state index is -3.89. The zero-order valence-electron chi connectivity index (χ0n) is 9.54. The van der Waals surface area contributed by atoms with Crippen LogP contribution in [0.25, 0.3) is 0 Å². The summed E-state index contributed by atoms with van der Waals surface area (Å²) in [5.41, 5.74) is 0.284. The highest BCUT2D eigenvalue weighted by Gasteiger charge is 2.21. The van der Waals surface area contributed by atoms with E-state index in [2.05, 4.69) is 14.9 Å². The number of aromatic nitrogens is 2. The van der Waals surface area contributed by atoms with E-state index in [1.54, 1.807) is 6.92 Å². The molecule has 1 aromatic heterocycles. The standard InChI is InChI=1S/C10H8Cl2FN3O2S/c1-5-9(4-14-15-5)19(17,18)16-10-7(11)2-6(13)3-8(10)12/h2-4,16H,1H3,(H,14,15). The maximum absolute atomic E-state index is 13.0. The van der Waals surface area contributed by atoms with E-state index < -0.39 is 15.8 Å². The Morgan fingerprint density at radius 2 is 1.89 bits per heavy atom. The Kier molecular flexibility index (Phi) is 3.71. The second-order valence-corrected chi connectivity index (χ2v) is 6.17. The first kappa shape index (κ1) is 14.1. The third-order valence-corrected chi connectivity index (χ3v) is 4.38. The Bertz CT molecular complexity index is 707. The lowest BCUT2D eigenvalue weighted by Gasteiger charge is -2.10. The van der Waals surface area contributed by atoms with Crippen LogP contribution in [0.4, 0.5) is 10.1 Å². The van der Waals surface area contributed by atoms with Crippen LogP contribution in [0.3, 0.4) is 0 Å². The highest BCUT2D eigenvalue weighted by molar-refractivity contribution is 7.92. The summed E-state index contributed by atoms with van der Waals surface area (Å²) in [5.74, 6) is -0.655. The number of nitrogens with zero attached hydrogens (tertiary/aromatic N) is 1. The number of aromatic amines is 1. The molecule has 1 heterocycles.